The minimum Gasteiger partial charge on any atom is -0.497 e. The average Bonchev–Trinajstić information content (AvgIpc) is 3.20. The van der Waals surface area contributed by atoms with Crippen molar-refractivity contribution in [2.75, 3.05) is 14.2 Å². The topological polar surface area (TPSA) is 127 Å². The number of nitrogens with zero attached hydrogens (tertiary/aromatic N) is 4. The van der Waals surface area contributed by atoms with Gasteiger partial charge in [-0.05, 0) is 52.9 Å². The molecule has 0 saturated carbocycles. The van der Waals surface area contributed by atoms with Crippen LogP contribution in [-0.4, -0.2) is 38.9 Å². The highest BCUT2D eigenvalue weighted by molar-refractivity contribution is 5.29. The Kier molecular flexibility index (Phi) is 13.3. The highest BCUT2D eigenvalue weighted by atomic mass is 16.5. The molecule has 52 heavy (non-hydrogen) atoms. The molecule has 268 valence electrons. The van der Waals surface area contributed by atoms with Crippen LogP contribution < -0.4 is 30.1 Å². The van der Waals surface area contributed by atoms with E-state index in [0.717, 1.165) is 45.9 Å². The van der Waals surface area contributed by atoms with Crippen LogP contribution in [0.25, 0.3) is 0 Å². The van der Waals surface area contributed by atoms with E-state index >= 15 is 0 Å². The van der Waals surface area contributed by atoms with Crippen LogP contribution in [0.4, 0.5) is 0 Å². The SMILES string of the molecule is CCc1cc(OCc2ccccc2)c(=O)n(Cc2ccc(OC)cc2)n1.COc1ccc(Cn2nc(CO)cc(OCc3ccccc3)c2=O)cc1. The summed E-state index contributed by atoms with van der Waals surface area (Å²) in [4.78, 5) is 25.4. The predicted octanol–water partition coefficient (Wildman–Crippen LogP) is 5.81. The van der Waals surface area contributed by atoms with Crippen LogP contribution in [0.1, 0.15) is 40.6 Å². The largest absolute Gasteiger partial charge is 0.497 e. The van der Waals surface area contributed by atoms with Crippen molar-refractivity contribution < 1.29 is 24.1 Å². The molecule has 0 fully saturated rings. The van der Waals surface area contributed by atoms with Crippen molar-refractivity contribution >= 4 is 0 Å². The van der Waals surface area contributed by atoms with Gasteiger partial charge in [0.15, 0.2) is 11.5 Å². The van der Waals surface area contributed by atoms with Gasteiger partial charge in [-0.25, -0.2) is 9.36 Å². The van der Waals surface area contributed by atoms with Crippen LogP contribution in [0, 0.1) is 0 Å². The maximum absolute atomic E-state index is 12.7. The third kappa shape index (κ3) is 10.4. The summed E-state index contributed by atoms with van der Waals surface area (Å²) in [5.74, 6) is 2.02. The van der Waals surface area contributed by atoms with Crippen LogP contribution in [0.15, 0.2) is 131 Å². The molecular weight excluding hydrogens is 660 g/mol. The number of ether oxygens (including phenoxy) is 4. The van der Waals surface area contributed by atoms with Crippen LogP contribution in [0.2, 0.25) is 0 Å². The standard InChI is InChI=1S/C21H22N2O3.C20H20N2O4/c1-3-18-13-20(26-15-17-7-5-4-6-8-17)21(24)23(22-18)14-16-9-11-19(25-2)12-10-16;1-25-18-9-7-15(8-10-18)12-22-20(24)19(11-17(13-23)21-22)26-14-16-5-3-2-4-6-16/h4-13H,3,14-15H2,1-2H3;2-11,23H,12-14H2,1H3. The molecule has 6 aromatic rings. The van der Waals surface area contributed by atoms with Gasteiger partial charge in [-0.1, -0.05) is 91.9 Å². The molecular formula is C41H42N4O7. The molecule has 0 aliphatic heterocycles. The number of aliphatic hydroxyl groups excluding tert-OH is 1. The molecule has 0 radical (unpaired) electrons. The van der Waals surface area contributed by atoms with E-state index in [4.69, 9.17) is 18.9 Å². The van der Waals surface area contributed by atoms with E-state index in [9.17, 15) is 14.7 Å². The van der Waals surface area contributed by atoms with Crippen LogP contribution >= 0.6 is 0 Å². The molecule has 0 spiro atoms. The monoisotopic (exact) mass is 702 g/mol. The summed E-state index contributed by atoms with van der Waals surface area (Å²) in [6.07, 6.45) is 0.727. The van der Waals surface area contributed by atoms with Gasteiger partial charge in [0, 0.05) is 12.1 Å². The molecule has 0 bridgehead atoms. The second-order valence-corrected chi connectivity index (χ2v) is 11.7. The Balaban J connectivity index is 0.000000201. The molecule has 11 heteroatoms. The fourth-order valence-electron chi connectivity index (χ4n) is 5.09. The zero-order valence-electron chi connectivity index (χ0n) is 29.5. The minimum atomic E-state index is -0.339. The first-order valence-corrected chi connectivity index (χ1v) is 16.8. The van der Waals surface area contributed by atoms with E-state index in [1.807, 2.05) is 116 Å². The Morgan fingerprint density at radius 1 is 0.558 bits per heavy atom. The van der Waals surface area contributed by atoms with Gasteiger partial charge in [0.1, 0.15) is 24.7 Å². The molecule has 4 aromatic carbocycles. The Hall–Kier alpha value is -6.20. The number of rotatable bonds is 14. The van der Waals surface area contributed by atoms with Gasteiger partial charge in [0.05, 0.1) is 45.3 Å². The number of hydrogen-bond donors (Lipinski definition) is 1. The zero-order valence-corrected chi connectivity index (χ0v) is 29.5. The van der Waals surface area contributed by atoms with Gasteiger partial charge in [-0.15, -0.1) is 0 Å². The summed E-state index contributed by atoms with van der Waals surface area (Å²) < 4.78 is 24.5. The maximum atomic E-state index is 12.7. The first-order valence-electron chi connectivity index (χ1n) is 16.8. The first-order chi connectivity index (χ1) is 25.4. The highest BCUT2D eigenvalue weighted by Crippen LogP contribution is 2.15. The summed E-state index contributed by atoms with van der Waals surface area (Å²) in [6.45, 7) is 3.02. The summed E-state index contributed by atoms with van der Waals surface area (Å²) >= 11 is 0. The minimum absolute atomic E-state index is 0.168. The number of methoxy groups -OCH3 is 2. The molecule has 0 unspecified atom stereocenters. The zero-order chi connectivity index (χ0) is 36.7. The van der Waals surface area contributed by atoms with Crippen LogP contribution in [-0.2, 0) is 39.3 Å². The first kappa shape index (κ1) is 37.1. The summed E-state index contributed by atoms with van der Waals surface area (Å²) in [5.41, 5.74) is 4.47. The molecule has 0 atom stereocenters. The lowest BCUT2D eigenvalue weighted by Gasteiger charge is -2.11. The second-order valence-electron chi connectivity index (χ2n) is 11.7. The third-order valence-electron chi connectivity index (χ3n) is 7.97. The molecule has 2 aromatic heterocycles. The molecule has 11 nitrogen and oxygen atoms in total. The van der Waals surface area contributed by atoms with E-state index in [2.05, 4.69) is 10.2 Å². The molecule has 0 amide bonds. The van der Waals surface area contributed by atoms with Gasteiger partial charge in [0.2, 0.25) is 0 Å². The number of benzene rings is 4. The maximum Gasteiger partial charge on any atom is 0.309 e. The molecule has 0 aliphatic carbocycles. The van der Waals surface area contributed by atoms with Crippen LogP contribution in [0.3, 0.4) is 0 Å². The molecule has 0 saturated heterocycles. The number of aryl methyl sites for hydroxylation is 1. The van der Waals surface area contributed by atoms with Gasteiger partial charge < -0.3 is 24.1 Å². The third-order valence-corrected chi connectivity index (χ3v) is 7.97. The van der Waals surface area contributed by atoms with E-state index < -0.39 is 0 Å². The fraction of sp³-hybridized carbons (Fsp3) is 0.220. The molecule has 2 heterocycles. The van der Waals surface area contributed by atoms with Crippen molar-refractivity contribution in [2.45, 2.75) is 46.3 Å². The highest BCUT2D eigenvalue weighted by Gasteiger charge is 2.12. The van der Waals surface area contributed by atoms with Gasteiger partial charge >= 0.3 is 11.1 Å². The summed E-state index contributed by atoms with van der Waals surface area (Å²) in [7, 11) is 3.23. The molecule has 6 rings (SSSR count). The number of hydrogen-bond acceptors (Lipinski definition) is 9. The lowest BCUT2D eigenvalue weighted by molar-refractivity contribution is 0.265. The predicted molar refractivity (Wildman–Crippen MR) is 198 cm³/mol. The Morgan fingerprint density at radius 2 is 0.962 bits per heavy atom. The molecule has 0 aliphatic rings. The van der Waals surface area contributed by atoms with Gasteiger partial charge in [-0.2, -0.15) is 10.2 Å². The van der Waals surface area contributed by atoms with Crippen molar-refractivity contribution in [3.8, 4) is 23.0 Å². The van der Waals surface area contributed by atoms with E-state index in [1.54, 1.807) is 20.3 Å². The van der Waals surface area contributed by atoms with Crippen molar-refractivity contribution in [1.29, 1.82) is 0 Å². The Bertz CT molecular complexity index is 1960. The fourth-order valence-corrected chi connectivity index (χ4v) is 5.09. The van der Waals surface area contributed by atoms with Crippen molar-refractivity contribution in [3.05, 3.63) is 176 Å². The summed E-state index contributed by atoms with van der Waals surface area (Å²) in [6, 6.07) is 37.6. The Labute approximate surface area is 302 Å². The quantitative estimate of drug-likeness (QED) is 0.150. The van der Waals surface area contributed by atoms with Gasteiger partial charge in [0.25, 0.3) is 0 Å². The lowest BCUT2D eigenvalue weighted by Crippen LogP contribution is -2.26. The smallest absolute Gasteiger partial charge is 0.309 e. The van der Waals surface area contributed by atoms with Crippen molar-refractivity contribution in [1.82, 2.24) is 19.6 Å². The lowest BCUT2D eigenvalue weighted by atomic mass is 10.2. The van der Waals surface area contributed by atoms with Crippen LogP contribution in [0.5, 0.6) is 23.0 Å². The van der Waals surface area contributed by atoms with Crippen molar-refractivity contribution in [3.63, 3.8) is 0 Å². The average molecular weight is 703 g/mol. The number of aromatic nitrogens is 4. The normalized spacial score (nSPS) is 10.5. The van der Waals surface area contributed by atoms with E-state index in [-0.39, 0.29) is 36.6 Å². The van der Waals surface area contributed by atoms with E-state index in [0.29, 0.717) is 24.6 Å². The molecule has 1 N–H and O–H groups in total. The van der Waals surface area contributed by atoms with E-state index in [1.165, 1.54) is 15.4 Å². The van der Waals surface area contributed by atoms with Crippen molar-refractivity contribution in [2.24, 2.45) is 0 Å². The van der Waals surface area contributed by atoms with Gasteiger partial charge in [-0.3, -0.25) is 9.59 Å². The summed E-state index contributed by atoms with van der Waals surface area (Å²) in [5, 5.41) is 18.1. The Morgan fingerprint density at radius 3 is 1.35 bits per heavy atom. The second kappa shape index (κ2) is 18.7. The number of aliphatic hydroxyl groups is 1.